The third-order valence-corrected chi connectivity index (χ3v) is 7.00. The number of rotatable bonds is 4. The van der Waals surface area contributed by atoms with E-state index < -0.39 is 44.0 Å². The van der Waals surface area contributed by atoms with Crippen molar-refractivity contribution in [2.45, 2.75) is 43.4 Å². The number of benzene rings is 1. The van der Waals surface area contributed by atoms with Gasteiger partial charge in [-0.25, -0.2) is 8.78 Å². The molecular formula is C17H18F4O4S. The van der Waals surface area contributed by atoms with Crippen LogP contribution in [0.3, 0.4) is 0 Å². The van der Waals surface area contributed by atoms with Crippen LogP contribution in [0.2, 0.25) is 0 Å². The minimum atomic E-state index is -5.46. The number of hydrogen-bond donors (Lipinski definition) is 1. The van der Waals surface area contributed by atoms with E-state index in [1.165, 1.54) is 0 Å². The van der Waals surface area contributed by atoms with Gasteiger partial charge in [-0.3, -0.25) is 4.55 Å². The molecule has 0 radical (unpaired) electrons. The molecule has 0 aromatic heterocycles. The van der Waals surface area contributed by atoms with Crippen molar-refractivity contribution in [2.24, 2.45) is 23.2 Å². The lowest BCUT2D eigenvalue weighted by Gasteiger charge is -2.56. The largest absolute Gasteiger partial charge is 0.487 e. The molecule has 1 aromatic rings. The fourth-order valence-electron chi connectivity index (χ4n) is 5.64. The number of ether oxygens (including phenoxy) is 1. The Hall–Kier alpha value is -1.35. The summed E-state index contributed by atoms with van der Waals surface area (Å²) in [5.41, 5.74) is -0.262. The summed E-state index contributed by atoms with van der Waals surface area (Å²) in [4.78, 5) is -2.05. The first kappa shape index (κ1) is 18.0. The second-order valence-electron chi connectivity index (χ2n) is 8.10. The summed E-state index contributed by atoms with van der Waals surface area (Å²) >= 11 is 0. The van der Waals surface area contributed by atoms with Crippen molar-refractivity contribution < 1.29 is 35.3 Å². The standard InChI is InChI=1S/C17H18F4O4S/c18-11-13(20)16(26(22,23)24)14(21)12(19)15(11)25-7-17-4-8-1-9(5-17)3-10(2-8)6-17/h8-10H,1-7H2,(H,22,23,24). The van der Waals surface area contributed by atoms with Gasteiger partial charge in [-0.2, -0.15) is 17.2 Å². The molecule has 9 heteroatoms. The molecule has 4 saturated carbocycles. The molecule has 4 aliphatic carbocycles. The molecule has 1 N–H and O–H groups in total. The molecule has 0 atom stereocenters. The molecule has 0 aliphatic heterocycles. The summed E-state index contributed by atoms with van der Waals surface area (Å²) in [6.45, 7) is -0.0750. The lowest BCUT2D eigenvalue weighted by molar-refractivity contribution is -0.0756. The zero-order chi connectivity index (χ0) is 18.9. The van der Waals surface area contributed by atoms with E-state index in [0.29, 0.717) is 17.8 Å². The van der Waals surface area contributed by atoms with E-state index >= 15 is 0 Å². The van der Waals surface area contributed by atoms with Crippen LogP contribution in [0.5, 0.6) is 5.75 Å². The molecule has 4 fully saturated rings. The van der Waals surface area contributed by atoms with Crippen molar-refractivity contribution in [3.63, 3.8) is 0 Å². The number of hydrogen-bond acceptors (Lipinski definition) is 3. The maximum absolute atomic E-state index is 14.1. The van der Waals surface area contributed by atoms with E-state index in [1.54, 1.807) is 0 Å². The van der Waals surface area contributed by atoms with Crippen LogP contribution in [-0.4, -0.2) is 19.6 Å². The molecule has 5 rings (SSSR count). The van der Waals surface area contributed by atoms with Crippen molar-refractivity contribution in [1.82, 2.24) is 0 Å². The summed E-state index contributed by atoms with van der Waals surface area (Å²) in [5.74, 6) is -7.91. The lowest BCUT2D eigenvalue weighted by atomic mass is 9.50. The Balaban J connectivity index is 1.64. The van der Waals surface area contributed by atoms with Crippen LogP contribution in [0.15, 0.2) is 4.90 Å². The lowest BCUT2D eigenvalue weighted by Crippen LogP contribution is -2.48. The third kappa shape index (κ3) is 2.79. The molecule has 0 amide bonds. The molecule has 1 aromatic carbocycles. The van der Waals surface area contributed by atoms with E-state index in [2.05, 4.69) is 0 Å². The average Bonchev–Trinajstić information content (AvgIpc) is 2.50. The summed E-state index contributed by atoms with van der Waals surface area (Å²) in [6.07, 6.45) is 6.01. The number of halogens is 4. The van der Waals surface area contributed by atoms with Gasteiger partial charge in [0.1, 0.15) is 0 Å². The molecule has 26 heavy (non-hydrogen) atoms. The molecular weight excluding hydrogens is 376 g/mol. The SMILES string of the molecule is O=S(=O)(O)c1c(F)c(F)c(OCC23CC4CC(CC(C4)C2)C3)c(F)c1F. The van der Waals surface area contributed by atoms with Gasteiger partial charge in [0.25, 0.3) is 0 Å². The highest BCUT2D eigenvalue weighted by Gasteiger charge is 2.51. The van der Waals surface area contributed by atoms with Crippen molar-refractivity contribution >= 4 is 10.1 Å². The van der Waals surface area contributed by atoms with Crippen molar-refractivity contribution in [3.8, 4) is 5.75 Å². The third-order valence-electron chi connectivity index (χ3n) is 6.13. The first-order chi connectivity index (χ1) is 12.1. The summed E-state index contributed by atoms with van der Waals surface area (Å²) in [6, 6.07) is 0. The smallest absolute Gasteiger partial charge is 0.300 e. The van der Waals surface area contributed by atoms with Crippen molar-refractivity contribution in [2.75, 3.05) is 6.61 Å². The molecule has 144 valence electrons. The normalized spacial score (nSPS) is 32.9. The van der Waals surface area contributed by atoms with Gasteiger partial charge in [-0.1, -0.05) is 0 Å². The maximum atomic E-state index is 14.1. The van der Waals surface area contributed by atoms with E-state index in [9.17, 15) is 26.0 Å². The summed E-state index contributed by atoms with van der Waals surface area (Å²) in [5, 5.41) is 0. The van der Waals surface area contributed by atoms with Gasteiger partial charge in [-0.05, 0) is 56.3 Å². The maximum Gasteiger partial charge on any atom is 0.300 e. The first-order valence-corrected chi connectivity index (χ1v) is 10.00. The molecule has 4 bridgehead atoms. The minimum Gasteiger partial charge on any atom is -0.487 e. The Morgan fingerprint density at radius 1 is 0.885 bits per heavy atom. The van der Waals surface area contributed by atoms with Crippen LogP contribution >= 0.6 is 0 Å². The van der Waals surface area contributed by atoms with Crippen LogP contribution in [0.1, 0.15) is 38.5 Å². The highest BCUT2D eigenvalue weighted by molar-refractivity contribution is 7.85. The van der Waals surface area contributed by atoms with Crippen LogP contribution < -0.4 is 4.74 Å². The molecule has 0 saturated heterocycles. The molecule has 4 nitrogen and oxygen atoms in total. The van der Waals surface area contributed by atoms with Crippen LogP contribution in [0, 0.1) is 46.4 Å². The van der Waals surface area contributed by atoms with Gasteiger partial charge in [0.15, 0.2) is 22.3 Å². The Bertz CT molecular complexity index is 804. The van der Waals surface area contributed by atoms with Crippen molar-refractivity contribution in [3.05, 3.63) is 23.3 Å². The van der Waals surface area contributed by atoms with Gasteiger partial charge in [0, 0.05) is 5.41 Å². The van der Waals surface area contributed by atoms with Gasteiger partial charge < -0.3 is 4.74 Å². The van der Waals surface area contributed by atoms with E-state index in [1.807, 2.05) is 0 Å². The van der Waals surface area contributed by atoms with E-state index in [0.717, 1.165) is 38.5 Å². The Morgan fingerprint density at radius 2 is 1.31 bits per heavy atom. The van der Waals surface area contributed by atoms with Crippen LogP contribution in [0.25, 0.3) is 0 Å². The van der Waals surface area contributed by atoms with Crippen molar-refractivity contribution in [1.29, 1.82) is 0 Å². The Morgan fingerprint density at radius 3 is 1.69 bits per heavy atom. The second-order valence-corrected chi connectivity index (χ2v) is 9.45. The zero-order valence-corrected chi connectivity index (χ0v) is 14.6. The molecule has 4 aliphatic rings. The highest BCUT2D eigenvalue weighted by atomic mass is 32.2. The summed E-state index contributed by atoms with van der Waals surface area (Å²) in [7, 11) is -5.46. The molecule has 0 unspecified atom stereocenters. The molecule has 0 heterocycles. The highest BCUT2D eigenvalue weighted by Crippen LogP contribution is 2.60. The second kappa shape index (κ2) is 5.82. The zero-order valence-electron chi connectivity index (χ0n) is 13.8. The van der Waals surface area contributed by atoms with E-state index in [4.69, 9.17) is 9.29 Å². The fraction of sp³-hybridized carbons (Fsp3) is 0.647. The predicted octanol–water partition coefficient (Wildman–Crippen LogP) is 4.08. The Labute approximate surface area is 148 Å². The van der Waals surface area contributed by atoms with E-state index in [-0.39, 0.29) is 12.0 Å². The van der Waals surface area contributed by atoms with Gasteiger partial charge in [-0.15, -0.1) is 0 Å². The topological polar surface area (TPSA) is 63.6 Å². The first-order valence-electron chi connectivity index (χ1n) is 8.56. The quantitative estimate of drug-likeness (QED) is 0.475. The van der Waals surface area contributed by atoms with Crippen LogP contribution in [0.4, 0.5) is 17.6 Å². The van der Waals surface area contributed by atoms with Crippen LogP contribution in [-0.2, 0) is 10.1 Å². The van der Waals surface area contributed by atoms with Gasteiger partial charge >= 0.3 is 10.1 Å². The fourth-order valence-corrected chi connectivity index (χ4v) is 6.27. The van der Waals surface area contributed by atoms with Gasteiger partial charge in [0.05, 0.1) is 6.61 Å². The molecule has 0 spiro atoms. The minimum absolute atomic E-state index is 0.0750. The average molecular weight is 394 g/mol. The van der Waals surface area contributed by atoms with Gasteiger partial charge in [0.2, 0.25) is 11.6 Å². The summed E-state index contributed by atoms with van der Waals surface area (Å²) < 4.78 is 91.9. The monoisotopic (exact) mass is 394 g/mol. The Kier molecular flexibility index (Phi) is 4.04. The predicted molar refractivity (Wildman–Crippen MR) is 82.2 cm³/mol.